The summed E-state index contributed by atoms with van der Waals surface area (Å²) in [6, 6.07) is 14.3. The van der Waals surface area contributed by atoms with Gasteiger partial charge in [-0.1, -0.05) is 38.1 Å². The molecule has 1 aromatic carbocycles. The van der Waals surface area contributed by atoms with Gasteiger partial charge in [-0.3, -0.25) is 9.69 Å². The molecule has 156 valence electrons. The van der Waals surface area contributed by atoms with Crippen molar-refractivity contribution in [1.29, 1.82) is 0 Å². The summed E-state index contributed by atoms with van der Waals surface area (Å²) in [5.41, 5.74) is 4.27. The summed E-state index contributed by atoms with van der Waals surface area (Å²) >= 11 is 1.83. The van der Waals surface area contributed by atoms with Crippen molar-refractivity contribution >= 4 is 17.2 Å². The minimum atomic E-state index is -0.225. The van der Waals surface area contributed by atoms with Crippen molar-refractivity contribution in [3.8, 4) is 0 Å². The first-order valence-electron chi connectivity index (χ1n) is 10.4. The van der Waals surface area contributed by atoms with Gasteiger partial charge >= 0.3 is 0 Å². The number of rotatable bonds is 6. The first-order chi connectivity index (χ1) is 14.5. The molecule has 1 atom stereocenters. The van der Waals surface area contributed by atoms with Crippen LogP contribution in [0.4, 0.5) is 0 Å². The summed E-state index contributed by atoms with van der Waals surface area (Å²) in [5.74, 6) is 0.259. The van der Waals surface area contributed by atoms with Crippen LogP contribution < -0.4 is 10.0 Å². The van der Waals surface area contributed by atoms with Crippen LogP contribution in [0.15, 0.2) is 60.2 Å². The molecule has 1 amide bonds. The smallest absolute Gasteiger partial charge is 0.257 e. The quantitative estimate of drug-likeness (QED) is 0.483. The minimum Gasteiger partial charge on any atom is -0.619 e. The lowest BCUT2D eigenvalue weighted by atomic mass is 9.97. The Bertz CT molecular complexity index is 1010. The van der Waals surface area contributed by atoms with Crippen LogP contribution in [0.25, 0.3) is 0 Å². The van der Waals surface area contributed by atoms with Gasteiger partial charge in [0.25, 0.3) is 5.91 Å². The lowest BCUT2D eigenvalue weighted by molar-refractivity contribution is -0.605. The normalized spacial score (nSPS) is 15.0. The molecule has 2 aromatic heterocycles. The summed E-state index contributed by atoms with van der Waals surface area (Å²) in [6.07, 6.45) is 3.72. The molecular weight excluding hydrogens is 394 g/mol. The Morgan fingerprint density at radius 2 is 1.97 bits per heavy atom. The van der Waals surface area contributed by atoms with Gasteiger partial charge in [0.15, 0.2) is 12.4 Å². The van der Waals surface area contributed by atoms with Crippen molar-refractivity contribution in [2.24, 2.45) is 0 Å². The number of carbonyl (C=O) groups excluding carboxylic acids is 1. The summed E-state index contributed by atoms with van der Waals surface area (Å²) in [5, 5.41) is 16.7. The Morgan fingerprint density at radius 1 is 1.20 bits per heavy atom. The molecule has 3 aromatic rings. The van der Waals surface area contributed by atoms with Gasteiger partial charge in [0, 0.05) is 30.6 Å². The second kappa shape index (κ2) is 8.98. The van der Waals surface area contributed by atoms with E-state index in [1.807, 2.05) is 11.3 Å². The van der Waals surface area contributed by atoms with Gasteiger partial charge in [0.05, 0.1) is 6.04 Å². The molecule has 1 aliphatic heterocycles. The molecule has 1 N–H and O–H groups in total. The van der Waals surface area contributed by atoms with Crippen molar-refractivity contribution in [3.63, 3.8) is 0 Å². The van der Waals surface area contributed by atoms with Gasteiger partial charge in [-0.2, -0.15) is 4.73 Å². The van der Waals surface area contributed by atoms with E-state index in [1.54, 1.807) is 12.1 Å². The maximum Gasteiger partial charge on any atom is 0.257 e. The molecule has 3 heterocycles. The van der Waals surface area contributed by atoms with E-state index in [-0.39, 0.29) is 11.9 Å². The molecule has 6 heteroatoms. The molecule has 1 aliphatic rings. The molecule has 0 saturated heterocycles. The highest BCUT2D eigenvalue weighted by Gasteiger charge is 2.26. The summed E-state index contributed by atoms with van der Waals surface area (Å²) in [4.78, 5) is 16.5. The molecule has 4 rings (SSSR count). The molecule has 30 heavy (non-hydrogen) atoms. The lowest BCUT2D eigenvalue weighted by Gasteiger charge is -2.35. The average molecular weight is 422 g/mol. The molecule has 0 bridgehead atoms. The van der Waals surface area contributed by atoms with E-state index in [4.69, 9.17) is 0 Å². The number of carbonyl (C=O) groups is 1. The van der Waals surface area contributed by atoms with Crippen LogP contribution >= 0.6 is 11.3 Å². The fourth-order valence-corrected chi connectivity index (χ4v) is 4.87. The SMILES string of the molecule is CC(C)c1ccc([C@H](CNC(=O)c2ccc[n+]([O-])c2)N2CCc3sccc3C2)cc1. The third kappa shape index (κ3) is 4.55. The fourth-order valence-electron chi connectivity index (χ4n) is 3.98. The van der Waals surface area contributed by atoms with Gasteiger partial charge < -0.3 is 10.5 Å². The highest BCUT2D eigenvalue weighted by Crippen LogP contribution is 2.31. The Labute approximate surface area is 181 Å². The van der Waals surface area contributed by atoms with Crippen LogP contribution in [-0.4, -0.2) is 23.9 Å². The molecule has 0 unspecified atom stereocenters. The highest BCUT2D eigenvalue weighted by molar-refractivity contribution is 7.10. The van der Waals surface area contributed by atoms with E-state index in [2.05, 4.69) is 59.8 Å². The van der Waals surface area contributed by atoms with Crippen molar-refractivity contribution in [3.05, 3.63) is 92.6 Å². The second-order valence-electron chi connectivity index (χ2n) is 8.09. The molecule has 5 nitrogen and oxygen atoms in total. The van der Waals surface area contributed by atoms with E-state index in [9.17, 15) is 10.0 Å². The Morgan fingerprint density at radius 3 is 2.70 bits per heavy atom. The Kier molecular flexibility index (Phi) is 6.16. The summed E-state index contributed by atoms with van der Waals surface area (Å²) in [6.45, 7) is 6.73. The number of nitrogens with zero attached hydrogens (tertiary/aromatic N) is 2. The van der Waals surface area contributed by atoms with Gasteiger partial charge in [0.1, 0.15) is 5.56 Å². The van der Waals surface area contributed by atoms with Crippen LogP contribution in [0.1, 0.15) is 57.7 Å². The van der Waals surface area contributed by atoms with Crippen LogP contribution in [-0.2, 0) is 13.0 Å². The van der Waals surface area contributed by atoms with E-state index >= 15 is 0 Å². The van der Waals surface area contributed by atoms with Crippen LogP contribution in [0.2, 0.25) is 0 Å². The van der Waals surface area contributed by atoms with E-state index < -0.39 is 0 Å². The molecule has 0 radical (unpaired) electrons. The zero-order valence-electron chi connectivity index (χ0n) is 17.4. The number of hydrogen-bond acceptors (Lipinski definition) is 4. The van der Waals surface area contributed by atoms with Crippen LogP contribution in [0, 0.1) is 5.21 Å². The minimum absolute atomic E-state index is 0.0753. The number of thiophene rings is 1. The predicted molar refractivity (Wildman–Crippen MR) is 119 cm³/mol. The van der Waals surface area contributed by atoms with Crippen LogP contribution in [0.5, 0.6) is 0 Å². The number of benzene rings is 1. The lowest BCUT2D eigenvalue weighted by Crippen LogP contribution is -2.40. The third-order valence-corrected chi connectivity index (χ3v) is 6.78. The second-order valence-corrected chi connectivity index (χ2v) is 9.09. The van der Waals surface area contributed by atoms with E-state index in [0.717, 1.165) is 19.5 Å². The number of amides is 1. The number of aromatic nitrogens is 1. The third-order valence-electron chi connectivity index (χ3n) is 5.76. The average Bonchev–Trinajstić information content (AvgIpc) is 3.22. The van der Waals surface area contributed by atoms with Crippen LogP contribution in [0.3, 0.4) is 0 Å². The molecule has 0 fully saturated rings. The first-order valence-corrected chi connectivity index (χ1v) is 11.3. The summed E-state index contributed by atoms with van der Waals surface area (Å²) < 4.78 is 0.653. The number of hydrogen-bond donors (Lipinski definition) is 1. The molecule has 0 saturated carbocycles. The predicted octanol–water partition coefficient (Wildman–Crippen LogP) is 4.03. The number of pyridine rings is 1. The van der Waals surface area contributed by atoms with E-state index in [0.29, 0.717) is 22.8 Å². The monoisotopic (exact) mass is 421 g/mol. The van der Waals surface area contributed by atoms with Crippen molar-refractivity contribution in [1.82, 2.24) is 10.2 Å². The van der Waals surface area contributed by atoms with Gasteiger partial charge in [-0.15, -0.1) is 11.3 Å². The topological polar surface area (TPSA) is 59.3 Å². The maximum absolute atomic E-state index is 12.6. The van der Waals surface area contributed by atoms with Gasteiger partial charge in [-0.05, 0) is 46.5 Å². The standard InChI is InChI=1S/C24H27N3O2S/c1-17(2)18-5-7-19(8-6-18)22(26-12-9-23-20(15-26)10-13-30-23)14-25-24(28)21-4-3-11-27(29)16-21/h3-8,10-11,13,16-17,22H,9,12,14-15H2,1-2H3,(H,25,28)/t22-/m0/s1. The number of fused-ring (bicyclic) bond motifs is 1. The summed E-state index contributed by atoms with van der Waals surface area (Å²) in [7, 11) is 0. The van der Waals surface area contributed by atoms with Crippen molar-refractivity contribution < 1.29 is 9.52 Å². The van der Waals surface area contributed by atoms with Gasteiger partial charge in [0.2, 0.25) is 0 Å². The molecule has 0 aliphatic carbocycles. The van der Waals surface area contributed by atoms with Gasteiger partial charge in [-0.25, -0.2) is 0 Å². The zero-order chi connectivity index (χ0) is 21.1. The highest BCUT2D eigenvalue weighted by atomic mass is 32.1. The number of nitrogens with one attached hydrogen (secondary N) is 1. The zero-order valence-corrected chi connectivity index (χ0v) is 18.2. The molecule has 0 spiro atoms. The van der Waals surface area contributed by atoms with Crippen molar-refractivity contribution in [2.75, 3.05) is 13.1 Å². The molecular formula is C24H27N3O2S. The van der Waals surface area contributed by atoms with E-state index in [1.165, 1.54) is 34.0 Å². The van der Waals surface area contributed by atoms with Crippen molar-refractivity contribution in [2.45, 2.75) is 38.8 Å². The Balaban J connectivity index is 1.54. The maximum atomic E-state index is 12.6. The Hall–Kier alpha value is -2.70. The largest absolute Gasteiger partial charge is 0.619 e. The fraction of sp³-hybridized carbons (Fsp3) is 0.333. The first kappa shape index (κ1) is 20.6.